The van der Waals surface area contributed by atoms with Gasteiger partial charge in [-0.05, 0) is 32.3 Å². The van der Waals surface area contributed by atoms with Crippen molar-refractivity contribution in [3.63, 3.8) is 0 Å². The van der Waals surface area contributed by atoms with E-state index in [1.165, 1.54) is 17.7 Å². The van der Waals surface area contributed by atoms with Crippen molar-refractivity contribution in [1.82, 2.24) is 9.88 Å². The van der Waals surface area contributed by atoms with E-state index in [0.29, 0.717) is 18.7 Å². The lowest BCUT2D eigenvalue weighted by Crippen LogP contribution is -2.46. The van der Waals surface area contributed by atoms with Crippen LogP contribution in [0.1, 0.15) is 46.3 Å². The number of hydrogen-bond acceptors (Lipinski definition) is 4. The van der Waals surface area contributed by atoms with Crippen LogP contribution in [-0.4, -0.2) is 41.6 Å². The summed E-state index contributed by atoms with van der Waals surface area (Å²) in [5.41, 5.74) is 0.627. The Hall–Kier alpha value is -2.32. The highest BCUT2D eigenvalue weighted by molar-refractivity contribution is 6.42. The number of methoxy groups -OCH3 is 1. The fourth-order valence-corrected chi connectivity index (χ4v) is 2.61. The molecule has 0 saturated heterocycles. The first-order valence-electron chi connectivity index (χ1n) is 7.39. The maximum absolute atomic E-state index is 12.5. The number of amides is 1. The summed E-state index contributed by atoms with van der Waals surface area (Å²) in [6.45, 7) is 1.16. The Morgan fingerprint density at radius 3 is 2.54 bits per heavy atom. The van der Waals surface area contributed by atoms with E-state index in [9.17, 15) is 27.6 Å². The molecule has 0 spiro atoms. The van der Waals surface area contributed by atoms with Crippen molar-refractivity contribution >= 4 is 17.7 Å². The largest absolute Gasteiger partial charge is 0.465 e. The zero-order valence-corrected chi connectivity index (χ0v) is 13.2. The molecule has 2 rings (SSSR count). The third-order valence-corrected chi connectivity index (χ3v) is 3.94. The van der Waals surface area contributed by atoms with E-state index in [4.69, 9.17) is 0 Å². The summed E-state index contributed by atoms with van der Waals surface area (Å²) >= 11 is 0. The molecule has 0 saturated carbocycles. The number of halogens is 3. The molecule has 0 fully saturated rings. The predicted molar refractivity (Wildman–Crippen MR) is 76.7 cm³/mol. The lowest BCUT2D eigenvalue weighted by atomic mass is 10.1. The number of Topliss-reactive ketones (excluding diaryl/α,β-unsaturated/α-hetero) is 1. The lowest BCUT2D eigenvalue weighted by molar-refractivity contribution is -0.156. The number of alkyl halides is 3. The molecule has 0 radical (unpaired) electrons. The van der Waals surface area contributed by atoms with Crippen LogP contribution in [-0.2, 0) is 22.5 Å². The van der Waals surface area contributed by atoms with Gasteiger partial charge >= 0.3 is 12.1 Å². The topological polar surface area (TPSA) is 77.4 Å². The van der Waals surface area contributed by atoms with Crippen LogP contribution >= 0.6 is 0 Å². The third-order valence-electron chi connectivity index (χ3n) is 3.94. The minimum atomic E-state index is -4.65. The zero-order valence-electron chi connectivity index (χ0n) is 13.2. The van der Waals surface area contributed by atoms with Crippen molar-refractivity contribution in [1.29, 1.82) is 0 Å². The van der Waals surface area contributed by atoms with E-state index in [2.05, 4.69) is 4.74 Å². The predicted octanol–water partition coefficient (Wildman–Crippen LogP) is 1.86. The molecule has 1 unspecified atom stereocenters. The Balaban J connectivity index is 2.31. The van der Waals surface area contributed by atoms with Gasteiger partial charge < -0.3 is 14.6 Å². The highest BCUT2D eigenvalue weighted by Crippen LogP contribution is 2.25. The second-order valence-corrected chi connectivity index (χ2v) is 5.56. The first-order chi connectivity index (χ1) is 11.2. The summed E-state index contributed by atoms with van der Waals surface area (Å²) in [4.78, 5) is 35.9. The number of ether oxygens (including phenoxy) is 1. The van der Waals surface area contributed by atoms with Gasteiger partial charge in [0, 0.05) is 12.2 Å². The number of aromatic nitrogens is 1. The van der Waals surface area contributed by atoms with Gasteiger partial charge in [-0.15, -0.1) is 0 Å². The minimum Gasteiger partial charge on any atom is -0.465 e. The van der Waals surface area contributed by atoms with Gasteiger partial charge in [-0.1, -0.05) is 0 Å². The molecule has 1 aliphatic rings. The molecule has 1 aromatic heterocycles. The maximum atomic E-state index is 12.5. The van der Waals surface area contributed by atoms with Crippen molar-refractivity contribution in [2.45, 2.75) is 44.9 Å². The summed E-state index contributed by atoms with van der Waals surface area (Å²) in [5.74, 6) is -3.12. The van der Waals surface area contributed by atoms with Crippen LogP contribution in [0.2, 0.25) is 0 Å². The van der Waals surface area contributed by atoms with Gasteiger partial charge in [-0.2, -0.15) is 13.2 Å². The SMILES string of the molecule is COC(=O)c1cc(C(=O)C(=O)NC(C)C(F)(F)F)n2c1CCCC2. The molecule has 0 aliphatic carbocycles. The van der Waals surface area contributed by atoms with Crippen LogP contribution in [0.3, 0.4) is 0 Å². The van der Waals surface area contributed by atoms with Crippen molar-refractivity contribution in [2.75, 3.05) is 7.11 Å². The summed E-state index contributed by atoms with van der Waals surface area (Å²) in [6, 6.07) is -0.933. The average molecular weight is 346 g/mol. The molecular weight excluding hydrogens is 329 g/mol. The Kier molecular flexibility index (Phi) is 5.00. The summed E-state index contributed by atoms with van der Waals surface area (Å²) in [7, 11) is 1.19. The monoisotopic (exact) mass is 346 g/mol. The highest BCUT2D eigenvalue weighted by atomic mass is 19.4. The summed E-state index contributed by atoms with van der Waals surface area (Å²) in [6.07, 6.45) is -2.58. The lowest BCUT2D eigenvalue weighted by Gasteiger charge is -2.19. The van der Waals surface area contributed by atoms with E-state index in [1.807, 2.05) is 0 Å². The second kappa shape index (κ2) is 6.66. The Morgan fingerprint density at radius 1 is 1.29 bits per heavy atom. The van der Waals surface area contributed by atoms with E-state index < -0.39 is 29.9 Å². The van der Waals surface area contributed by atoms with E-state index in [0.717, 1.165) is 19.8 Å². The van der Waals surface area contributed by atoms with Crippen molar-refractivity contribution in [3.8, 4) is 0 Å². The Labute approximate surface area is 136 Å². The number of nitrogens with one attached hydrogen (secondary N) is 1. The molecular formula is C15H17F3N2O4. The smallest absolute Gasteiger partial charge is 0.408 e. The molecule has 9 heteroatoms. The van der Waals surface area contributed by atoms with Crippen LogP contribution < -0.4 is 5.32 Å². The van der Waals surface area contributed by atoms with Gasteiger partial charge in [-0.3, -0.25) is 9.59 Å². The van der Waals surface area contributed by atoms with Gasteiger partial charge in [0.1, 0.15) is 6.04 Å². The van der Waals surface area contributed by atoms with Crippen LogP contribution in [0.25, 0.3) is 0 Å². The van der Waals surface area contributed by atoms with Gasteiger partial charge in [0.2, 0.25) is 0 Å². The highest BCUT2D eigenvalue weighted by Gasteiger charge is 2.38. The number of hydrogen-bond donors (Lipinski definition) is 1. The molecule has 0 bridgehead atoms. The first-order valence-corrected chi connectivity index (χ1v) is 7.39. The number of carbonyl (C=O) groups excluding carboxylic acids is 3. The number of rotatable bonds is 4. The fourth-order valence-electron chi connectivity index (χ4n) is 2.61. The maximum Gasteiger partial charge on any atom is 0.408 e. The summed E-state index contributed by atoms with van der Waals surface area (Å²) < 4.78 is 43.7. The molecule has 1 atom stereocenters. The molecule has 0 aromatic carbocycles. The molecule has 24 heavy (non-hydrogen) atoms. The number of esters is 1. The number of carbonyl (C=O) groups is 3. The van der Waals surface area contributed by atoms with Crippen molar-refractivity contribution < 1.29 is 32.3 Å². The third kappa shape index (κ3) is 3.44. The molecule has 1 aliphatic heterocycles. The van der Waals surface area contributed by atoms with Crippen molar-refractivity contribution in [2.24, 2.45) is 0 Å². The van der Waals surface area contributed by atoms with Gasteiger partial charge in [0.05, 0.1) is 18.4 Å². The normalized spacial score (nSPS) is 15.4. The average Bonchev–Trinajstić information content (AvgIpc) is 2.92. The Morgan fingerprint density at radius 2 is 1.96 bits per heavy atom. The van der Waals surface area contributed by atoms with Gasteiger partial charge in [0.25, 0.3) is 11.7 Å². The molecule has 2 heterocycles. The number of fused-ring (bicyclic) bond motifs is 1. The Bertz CT molecular complexity index is 679. The molecule has 1 N–H and O–H groups in total. The summed E-state index contributed by atoms with van der Waals surface area (Å²) in [5, 5.41) is 1.63. The van der Waals surface area contributed by atoms with Crippen LogP contribution in [0.4, 0.5) is 13.2 Å². The van der Waals surface area contributed by atoms with Gasteiger partial charge in [-0.25, -0.2) is 4.79 Å². The van der Waals surface area contributed by atoms with Crippen LogP contribution in [0.5, 0.6) is 0 Å². The first kappa shape index (κ1) is 18.0. The quantitative estimate of drug-likeness (QED) is 0.513. The standard InChI is InChI=1S/C15H17F3N2O4/c1-8(15(16,17)18)19-13(22)12(21)11-7-9(14(23)24-2)10-5-3-4-6-20(10)11/h7-8H,3-6H2,1-2H3,(H,19,22). The molecule has 6 nitrogen and oxygen atoms in total. The van der Waals surface area contributed by atoms with Crippen LogP contribution in [0.15, 0.2) is 6.07 Å². The minimum absolute atomic E-state index is 0.100. The van der Waals surface area contributed by atoms with Crippen molar-refractivity contribution in [3.05, 3.63) is 23.0 Å². The fraction of sp³-hybridized carbons (Fsp3) is 0.533. The van der Waals surface area contributed by atoms with E-state index in [-0.39, 0.29) is 11.3 Å². The molecule has 1 aromatic rings. The number of nitrogens with zero attached hydrogens (tertiary/aromatic N) is 1. The second-order valence-electron chi connectivity index (χ2n) is 5.56. The van der Waals surface area contributed by atoms with E-state index in [1.54, 1.807) is 5.32 Å². The van der Waals surface area contributed by atoms with E-state index >= 15 is 0 Å². The number of ketones is 1. The molecule has 132 valence electrons. The zero-order chi connectivity index (χ0) is 18.1. The van der Waals surface area contributed by atoms with Crippen LogP contribution in [0, 0.1) is 0 Å². The molecule has 1 amide bonds. The van der Waals surface area contributed by atoms with Gasteiger partial charge in [0.15, 0.2) is 0 Å².